The van der Waals surface area contributed by atoms with Gasteiger partial charge in [-0.2, -0.15) is 0 Å². The molecule has 4 heterocycles. The molecule has 0 saturated carbocycles. The van der Waals surface area contributed by atoms with Gasteiger partial charge < -0.3 is 19.7 Å². The summed E-state index contributed by atoms with van der Waals surface area (Å²) < 4.78 is 11.6. The number of anilines is 1. The van der Waals surface area contributed by atoms with E-state index in [1.54, 1.807) is 12.3 Å². The smallest absolute Gasteiger partial charge is 0.254 e. The Morgan fingerprint density at radius 1 is 1.42 bits per heavy atom. The lowest BCUT2D eigenvalue weighted by Crippen LogP contribution is -2.58. The van der Waals surface area contributed by atoms with Gasteiger partial charge in [0.15, 0.2) is 0 Å². The van der Waals surface area contributed by atoms with E-state index in [9.17, 15) is 9.59 Å². The third kappa shape index (κ3) is 2.67. The van der Waals surface area contributed by atoms with Gasteiger partial charge in [0.2, 0.25) is 5.91 Å². The van der Waals surface area contributed by atoms with Crippen LogP contribution in [0.5, 0.6) is 0 Å². The number of aromatic nitrogens is 1. The second-order valence-corrected chi connectivity index (χ2v) is 6.82. The Bertz CT molecular complexity index is 684. The molecule has 2 fully saturated rings. The van der Waals surface area contributed by atoms with E-state index in [0.717, 1.165) is 12.8 Å². The van der Waals surface area contributed by atoms with Crippen LogP contribution in [0.15, 0.2) is 12.3 Å². The molecule has 0 aliphatic carbocycles. The first kappa shape index (κ1) is 15.5. The summed E-state index contributed by atoms with van der Waals surface area (Å²) in [5, 5.41) is 2.70. The molecular formula is C17H21N3O4. The minimum Gasteiger partial charge on any atom is -0.381 e. The van der Waals surface area contributed by atoms with Crippen LogP contribution in [-0.2, 0) is 20.7 Å². The Balaban J connectivity index is 1.60. The van der Waals surface area contributed by atoms with Crippen molar-refractivity contribution >= 4 is 17.6 Å². The predicted octanol–water partition coefficient (Wildman–Crippen LogP) is 0.986. The maximum Gasteiger partial charge on any atom is 0.254 e. The largest absolute Gasteiger partial charge is 0.381 e. The van der Waals surface area contributed by atoms with Gasteiger partial charge in [0.05, 0.1) is 24.7 Å². The lowest BCUT2D eigenvalue weighted by atomic mass is 9.90. The van der Waals surface area contributed by atoms with Crippen molar-refractivity contribution in [3.63, 3.8) is 0 Å². The van der Waals surface area contributed by atoms with Crippen LogP contribution in [-0.4, -0.2) is 59.7 Å². The summed E-state index contributed by atoms with van der Waals surface area (Å²) in [6.45, 7) is 4.45. The molecule has 1 unspecified atom stereocenters. The van der Waals surface area contributed by atoms with Gasteiger partial charge in [-0.25, -0.2) is 4.98 Å². The molecule has 7 heteroatoms. The van der Waals surface area contributed by atoms with Gasteiger partial charge in [-0.1, -0.05) is 0 Å². The number of rotatable bonds is 1. The van der Waals surface area contributed by atoms with Gasteiger partial charge >= 0.3 is 0 Å². The maximum atomic E-state index is 13.1. The first-order chi connectivity index (χ1) is 11.6. The van der Waals surface area contributed by atoms with E-state index < -0.39 is 0 Å². The van der Waals surface area contributed by atoms with Crippen LogP contribution in [0.25, 0.3) is 0 Å². The van der Waals surface area contributed by atoms with E-state index in [1.165, 1.54) is 0 Å². The Hall–Kier alpha value is -1.99. The molecular weight excluding hydrogens is 310 g/mol. The predicted molar refractivity (Wildman–Crippen MR) is 85.8 cm³/mol. The molecule has 1 aromatic heterocycles. The number of amides is 2. The average Bonchev–Trinajstić information content (AvgIpc) is 2.94. The molecule has 3 aliphatic rings. The Kier molecular flexibility index (Phi) is 3.77. The number of hydrogen-bond donors (Lipinski definition) is 1. The SMILES string of the molecule is CC1CN(C(=O)c2ccnc3c2CC(=O)N3)CC2(CCOCC2)O1. The molecule has 0 radical (unpaired) electrons. The zero-order valence-electron chi connectivity index (χ0n) is 13.7. The van der Waals surface area contributed by atoms with Crippen molar-refractivity contribution in [2.45, 2.75) is 37.9 Å². The summed E-state index contributed by atoms with van der Waals surface area (Å²) in [6, 6.07) is 1.71. The van der Waals surface area contributed by atoms with E-state index in [2.05, 4.69) is 10.3 Å². The number of fused-ring (bicyclic) bond motifs is 1. The Morgan fingerprint density at radius 3 is 3.00 bits per heavy atom. The highest BCUT2D eigenvalue weighted by Gasteiger charge is 2.43. The monoisotopic (exact) mass is 331 g/mol. The standard InChI is InChI=1S/C17H21N3O4/c1-11-9-20(10-17(24-11)3-6-23-7-4-17)16(22)12-2-5-18-15-13(12)8-14(21)19-15/h2,5,11H,3-4,6-10H2,1H3,(H,18,19,21). The average molecular weight is 331 g/mol. The van der Waals surface area contributed by atoms with E-state index >= 15 is 0 Å². The van der Waals surface area contributed by atoms with Crippen molar-refractivity contribution < 1.29 is 19.1 Å². The van der Waals surface area contributed by atoms with E-state index in [1.807, 2.05) is 11.8 Å². The second-order valence-electron chi connectivity index (χ2n) is 6.82. The Morgan fingerprint density at radius 2 is 2.21 bits per heavy atom. The van der Waals surface area contributed by atoms with Crippen molar-refractivity contribution in [2.75, 3.05) is 31.6 Å². The first-order valence-electron chi connectivity index (χ1n) is 8.39. The van der Waals surface area contributed by atoms with Gasteiger partial charge in [-0.15, -0.1) is 0 Å². The van der Waals surface area contributed by atoms with Crippen LogP contribution in [0.4, 0.5) is 5.82 Å². The van der Waals surface area contributed by atoms with Crippen LogP contribution in [0.2, 0.25) is 0 Å². The van der Waals surface area contributed by atoms with Gasteiger partial charge in [0.1, 0.15) is 5.82 Å². The zero-order chi connectivity index (χ0) is 16.7. The lowest BCUT2D eigenvalue weighted by molar-refractivity contribution is -0.176. The number of pyridine rings is 1. The van der Waals surface area contributed by atoms with Crippen molar-refractivity contribution in [3.05, 3.63) is 23.4 Å². The summed E-state index contributed by atoms with van der Waals surface area (Å²) >= 11 is 0. The van der Waals surface area contributed by atoms with Gasteiger partial charge in [0, 0.05) is 49.9 Å². The van der Waals surface area contributed by atoms with Crippen LogP contribution >= 0.6 is 0 Å². The zero-order valence-corrected chi connectivity index (χ0v) is 13.7. The molecule has 0 aromatic carbocycles. The summed E-state index contributed by atoms with van der Waals surface area (Å²) in [7, 11) is 0. The normalized spacial score (nSPS) is 25.5. The van der Waals surface area contributed by atoms with E-state index in [0.29, 0.717) is 43.2 Å². The number of nitrogens with one attached hydrogen (secondary N) is 1. The topological polar surface area (TPSA) is 80.8 Å². The molecule has 0 bridgehead atoms. The Labute approximate surface area is 140 Å². The fourth-order valence-electron chi connectivity index (χ4n) is 3.88. The minimum absolute atomic E-state index is 0.0181. The molecule has 3 aliphatic heterocycles. The fraction of sp³-hybridized carbons (Fsp3) is 0.588. The summed E-state index contributed by atoms with van der Waals surface area (Å²) in [4.78, 5) is 30.8. The van der Waals surface area contributed by atoms with Crippen molar-refractivity contribution in [3.8, 4) is 0 Å². The lowest BCUT2D eigenvalue weighted by Gasteiger charge is -2.47. The molecule has 1 N–H and O–H groups in total. The molecule has 2 amide bonds. The van der Waals surface area contributed by atoms with Crippen LogP contribution in [0.1, 0.15) is 35.7 Å². The number of carbonyl (C=O) groups excluding carboxylic acids is 2. The van der Waals surface area contributed by atoms with Gasteiger partial charge in [0.25, 0.3) is 5.91 Å². The molecule has 128 valence electrons. The third-order valence-electron chi connectivity index (χ3n) is 4.98. The molecule has 1 aromatic rings. The molecule has 4 rings (SSSR count). The highest BCUT2D eigenvalue weighted by Crippen LogP contribution is 2.33. The summed E-state index contributed by atoms with van der Waals surface area (Å²) in [5.74, 6) is 0.341. The summed E-state index contributed by atoms with van der Waals surface area (Å²) in [5.41, 5.74) is 0.956. The molecule has 2 saturated heterocycles. The number of hydrogen-bond acceptors (Lipinski definition) is 5. The third-order valence-corrected chi connectivity index (χ3v) is 4.98. The molecule has 1 atom stereocenters. The molecule has 1 spiro atoms. The molecule has 24 heavy (non-hydrogen) atoms. The number of morpholine rings is 1. The number of carbonyl (C=O) groups is 2. The van der Waals surface area contributed by atoms with Crippen LogP contribution < -0.4 is 5.32 Å². The summed E-state index contributed by atoms with van der Waals surface area (Å²) in [6.07, 6.45) is 3.37. The van der Waals surface area contributed by atoms with Crippen LogP contribution in [0, 0.1) is 0 Å². The quantitative estimate of drug-likeness (QED) is 0.830. The van der Waals surface area contributed by atoms with Crippen LogP contribution in [0.3, 0.4) is 0 Å². The fourth-order valence-corrected chi connectivity index (χ4v) is 3.88. The first-order valence-corrected chi connectivity index (χ1v) is 8.39. The van der Waals surface area contributed by atoms with Crippen molar-refractivity contribution in [1.82, 2.24) is 9.88 Å². The number of nitrogens with zero attached hydrogens (tertiary/aromatic N) is 2. The van der Waals surface area contributed by atoms with E-state index in [4.69, 9.17) is 9.47 Å². The maximum absolute atomic E-state index is 13.1. The second kappa shape index (κ2) is 5.82. The van der Waals surface area contributed by atoms with E-state index in [-0.39, 0.29) is 29.9 Å². The highest BCUT2D eigenvalue weighted by molar-refractivity contribution is 6.04. The van der Waals surface area contributed by atoms with Crippen molar-refractivity contribution in [1.29, 1.82) is 0 Å². The van der Waals surface area contributed by atoms with Gasteiger partial charge in [-0.05, 0) is 13.0 Å². The minimum atomic E-state index is -0.310. The van der Waals surface area contributed by atoms with Crippen molar-refractivity contribution in [2.24, 2.45) is 0 Å². The molecule has 7 nitrogen and oxygen atoms in total. The number of ether oxygens (including phenoxy) is 2. The highest BCUT2D eigenvalue weighted by atomic mass is 16.5. The van der Waals surface area contributed by atoms with Gasteiger partial charge in [-0.3, -0.25) is 9.59 Å².